The molecule has 6 aliphatic rings. The van der Waals surface area contributed by atoms with Crippen LogP contribution >= 0.6 is 0 Å². The summed E-state index contributed by atoms with van der Waals surface area (Å²) in [6, 6.07) is 0. The van der Waals surface area contributed by atoms with Crippen molar-refractivity contribution in [3.63, 3.8) is 0 Å². The van der Waals surface area contributed by atoms with Gasteiger partial charge >= 0.3 is 0 Å². The Morgan fingerprint density at radius 2 is 1.41 bits per heavy atom. The van der Waals surface area contributed by atoms with Crippen molar-refractivity contribution >= 4 is 0 Å². The fraction of sp³-hybridized carbons (Fsp3) is 1.00. The van der Waals surface area contributed by atoms with Gasteiger partial charge in [0.2, 0.25) is 0 Å². The lowest BCUT2D eigenvalue weighted by Crippen LogP contribution is -2.54. The molecule has 8 unspecified atom stereocenters. The Morgan fingerprint density at radius 3 is 2.24 bits per heavy atom. The van der Waals surface area contributed by atoms with Gasteiger partial charge in [-0.2, -0.15) is 0 Å². The molecular weight excluding hydrogens is 352 g/mol. The SMILES string of the molecule is C[C@H]1CCC2C(C1)C1CC3C4CCC5C[C@@H](O)CC[C@]5(C)C4CC[C@]3(C)C1[C@@H]2C. The highest BCUT2D eigenvalue weighted by Crippen LogP contribution is 2.74. The molecule has 0 bridgehead atoms. The van der Waals surface area contributed by atoms with Crippen LogP contribution in [0.4, 0.5) is 0 Å². The van der Waals surface area contributed by atoms with Gasteiger partial charge in [-0.1, -0.05) is 34.1 Å². The van der Waals surface area contributed by atoms with Crippen LogP contribution in [0.2, 0.25) is 0 Å². The number of rotatable bonds is 0. The first-order valence-corrected chi connectivity index (χ1v) is 13.5. The average Bonchev–Trinajstić information content (AvgIpc) is 3.15. The molecule has 0 heterocycles. The fourth-order valence-electron chi connectivity index (χ4n) is 11.7. The van der Waals surface area contributed by atoms with E-state index in [4.69, 9.17) is 0 Å². The number of fused-ring (bicyclic) bond motifs is 9. The Bertz CT molecular complexity index is 657. The van der Waals surface area contributed by atoms with Gasteiger partial charge in [0.1, 0.15) is 0 Å². The largest absolute Gasteiger partial charge is 0.393 e. The highest BCUT2D eigenvalue weighted by Gasteiger charge is 2.67. The maximum Gasteiger partial charge on any atom is 0.0543 e. The van der Waals surface area contributed by atoms with Crippen LogP contribution in [0.25, 0.3) is 0 Å². The lowest BCUT2D eigenvalue weighted by atomic mass is 9.44. The van der Waals surface area contributed by atoms with E-state index in [9.17, 15) is 5.11 Å². The summed E-state index contributed by atoms with van der Waals surface area (Å²) in [5.74, 6) is 9.97. The average molecular weight is 399 g/mol. The summed E-state index contributed by atoms with van der Waals surface area (Å²) in [7, 11) is 0. The van der Waals surface area contributed by atoms with Gasteiger partial charge in [0, 0.05) is 0 Å². The monoisotopic (exact) mass is 398 g/mol. The van der Waals surface area contributed by atoms with Crippen LogP contribution in [0.15, 0.2) is 0 Å². The quantitative estimate of drug-likeness (QED) is 0.469. The molecule has 0 aliphatic heterocycles. The van der Waals surface area contributed by atoms with E-state index in [-0.39, 0.29) is 6.10 Å². The van der Waals surface area contributed by atoms with Crippen molar-refractivity contribution in [3.05, 3.63) is 0 Å². The van der Waals surface area contributed by atoms with Gasteiger partial charge in [-0.25, -0.2) is 0 Å². The third-order valence-electron chi connectivity index (χ3n) is 12.8. The predicted octanol–water partition coefficient (Wildman–Crippen LogP) is 6.93. The van der Waals surface area contributed by atoms with E-state index in [0.717, 1.165) is 72.0 Å². The predicted molar refractivity (Wildman–Crippen MR) is 119 cm³/mol. The number of aliphatic hydroxyl groups excluding tert-OH is 1. The van der Waals surface area contributed by atoms with E-state index in [1.807, 2.05) is 0 Å². The van der Waals surface area contributed by atoms with Crippen LogP contribution in [0.3, 0.4) is 0 Å². The molecule has 0 amide bonds. The lowest BCUT2D eigenvalue weighted by Gasteiger charge is -2.61. The highest BCUT2D eigenvalue weighted by molar-refractivity contribution is 5.15. The third-order valence-corrected chi connectivity index (χ3v) is 12.8. The van der Waals surface area contributed by atoms with Crippen LogP contribution in [0.5, 0.6) is 0 Å². The van der Waals surface area contributed by atoms with E-state index >= 15 is 0 Å². The topological polar surface area (TPSA) is 20.2 Å². The molecule has 1 heteroatoms. The summed E-state index contributed by atoms with van der Waals surface area (Å²) in [5, 5.41) is 10.3. The van der Waals surface area contributed by atoms with Crippen LogP contribution in [0.1, 0.15) is 98.3 Å². The Hall–Kier alpha value is -0.0400. The molecule has 164 valence electrons. The molecule has 1 N–H and O–H groups in total. The van der Waals surface area contributed by atoms with Gasteiger partial charge < -0.3 is 5.11 Å². The summed E-state index contributed by atoms with van der Waals surface area (Å²) in [6.45, 7) is 10.6. The lowest BCUT2D eigenvalue weighted by molar-refractivity contribution is -0.130. The minimum Gasteiger partial charge on any atom is -0.393 e. The zero-order valence-corrected chi connectivity index (χ0v) is 19.6. The highest BCUT2D eigenvalue weighted by atomic mass is 16.3. The van der Waals surface area contributed by atoms with Crippen LogP contribution in [0, 0.1) is 70.0 Å². The zero-order valence-electron chi connectivity index (χ0n) is 19.6. The van der Waals surface area contributed by atoms with Crippen LogP contribution in [-0.2, 0) is 0 Å². The van der Waals surface area contributed by atoms with Crippen molar-refractivity contribution in [1.82, 2.24) is 0 Å². The van der Waals surface area contributed by atoms with Crippen molar-refractivity contribution in [1.29, 1.82) is 0 Å². The van der Waals surface area contributed by atoms with Gasteiger partial charge in [0.05, 0.1) is 6.10 Å². The molecule has 0 aromatic heterocycles. The maximum absolute atomic E-state index is 10.3. The van der Waals surface area contributed by atoms with E-state index in [1.165, 1.54) is 44.9 Å². The second-order valence-electron chi connectivity index (χ2n) is 13.7. The van der Waals surface area contributed by atoms with E-state index in [1.54, 1.807) is 12.8 Å². The fourth-order valence-corrected chi connectivity index (χ4v) is 11.7. The standard InChI is InChI=1S/C28H46O/c1-16-5-7-20-17(2)26-23(22(20)13-16)15-25-21-8-6-18-14-19(29)9-11-27(18,3)24(21)10-12-28(25,26)4/h16-26,29H,5-15H2,1-4H3/t16-,17+,18?,19-,20?,21?,22?,23?,24?,25?,26?,27-,28-/m0/s1. The Labute approximate surface area is 179 Å². The molecular formula is C28H46O. The summed E-state index contributed by atoms with van der Waals surface area (Å²) < 4.78 is 0. The van der Waals surface area contributed by atoms with Crippen LogP contribution < -0.4 is 0 Å². The van der Waals surface area contributed by atoms with Crippen molar-refractivity contribution in [2.45, 2.75) is 104 Å². The number of aliphatic hydroxyl groups is 1. The smallest absolute Gasteiger partial charge is 0.0543 e. The van der Waals surface area contributed by atoms with Crippen molar-refractivity contribution < 1.29 is 5.11 Å². The van der Waals surface area contributed by atoms with Gasteiger partial charge in [0.25, 0.3) is 0 Å². The van der Waals surface area contributed by atoms with Gasteiger partial charge in [-0.15, -0.1) is 0 Å². The van der Waals surface area contributed by atoms with Crippen LogP contribution in [-0.4, -0.2) is 11.2 Å². The molecule has 0 spiro atoms. The summed E-state index contributed by atoms with van der Waals surface area (Å²) in [4.78, 5) is 0. The van der Waals surface area contributed by atoms with Crippen molar-refractivity contribution in [2.75, 3.05) is 0 Å². The molecule has 13 atom stereocenters. The molecule has 0 saturated heterocycles. The van der Waals surface area contributed by atoms with Gasteiger partial charge in [-0.3, -0.25) is 0 Å². The van der Waals surface area contributed by atoms with Crippen molar-refractivity contribution in [2.24, 2.45) is 70.0 Å². The minimum atomic E-state index is -0.00427. The van der Waals surface area contributed by atoms with Gasteiger partial charge in [0.15, 0.2) is 0 Å². The van der Waals surface area contributed by atoms with Gasteiger partial charge in [-0.05, 0) is 134 Å². The molecule has 29 heavy (non-hydrogen) atoms. The molecule has 1 nitrogen and oxygen atoms in total. The summed E-state index contributed by atoms with van der Waals surface area (Å²) in [5.41, 5.74) is 1.18. The molecule has 6 aliphatic carbocycles. The summed E-state index contributed by atoms with van der Waals surface area (Å²) >= 11 is 0. The minimum absolute atomic E-state index is 0.00427. The van der Waals surface area contributed by atoms with E-state index < -0.39 is 0 Å². The summed E-state index contributed by atoms with van der Waals surface area (Å²) in [6.07, 6.45) is 15.6. The molecule has 6 rings (SSSR count). The number of hydrogen-bond acceptors (Lipinski definition) is 1. The molecule has 0 aromatic rings. The second kappa shape index (κ2) is 6.49. The molecule has 0 radical (unpaired) electrons. The first-order chi connectivity index (χ1) is 13.8. The van der Waals surface area contributed by atoms with E-state index in [2.05, 4.69) is 27.7 Å². The van der Waals surface area contributed by atoms with Crippen molar-refractivity contribution in [3.8, 4) is 0 Å². The first-order valence-electron chi connectivity index (χ1n) is 13.5. The Morgan fingerprint density at radius 1 is 0.655 bits per heavy atom. The molecule has 0 aromatic carbocycles. The Balaban J connectivity index is 1.30. The zero-order chi connectivity index (χ0) is 20.1. The second-order valence-corrected chi connectivity index (χ2v) is 13.7. The molecule has 6 saturated carbocycles. The molecule has 6 fully saturated rings. The maximum atomic E-state index is 10.3. The number of hydrogen-bond donors (Lipinski definition) is 1. The first kappa shape index (κ1) is 19.6. The third kappa shape index (κ3) is 2.55. The normalized spacial score (nSPS) is 63.8. The Kier molecular flexibility index (Phi) is 4.39. The van der Waals surface area contributed by atoms with E-state index in [0.29, 0.717) is 10.8 Å².